The molecule has 0 amide bonds. The molecule has 0 bridgehead atoms. The highest BCUT2D eigenvalue weighted by molar-refractivity contribution is 5.98. The molecule has 0 saturated heterocycles. The molecule has 0 fully saturated rings. The number of benzene rings is 1. The van der Waals surface area contributed by atoms with Crippen LogP contribution in [-0.2, 0) is 5.54 Å². The number of para-hydroxylation sites is 1. The summed E-state index contributed by atoms with van der Waals surface area (Å²) in [4.78, 5) is 10.9. The highest BCUT2D eigenvalue weighted by Crippen LogP contribution is 2.35. The average molecular weight is 252 g/mol. The molecule has 3 rings (SSSR count). The van der Waals surface area contributed by atoms with Crippen LogP contribution in [-0.4, -0.2) is 17.5 Å². The summed E-state index contributed by atoms with van der Waals surface area (Å²) in [6.07, 6.45) is 1.80. The highest BCUT2D eigenvalue weighted by atomic mass is 15.4. The predicted molar refractivity (Wildman–Crippen MR) is 77.0 cm³/mol. The monoisotopic (exact) mass is 252 g/mol. The van der Waals surface area contributed by atoms with Crippen LogP contribution >= 0.6 is 0 Å². The molecule has 2 N–H and O–H groups in total. The molecule has 1 atom stereocenters. The van der Waals surface area contributed by atoms with Gasteiger partial charge in [-0.2, -0.15) is 0 Å². The number of rotatable bonds is 2. The Hall–Kier alpha value is -2.36. The number of aromatic nitrogens is 1. The fourth-order valence-corrected chi connectivity index (χ4v) is 2.50. The lowest BCUT2D eigenvalue weighted by Crippen LogP contribution is -2.48. The maximum Gasteiger partial charge on any atom is 0.196 e. The fraction of sp³-hybridized carbons (Fsp3) is 0.200. The average Bonchev–Trinajstić information content (AvgIpc) is 2.78. The summed E-state index contributed by atoms with van der Waals surface area (Å²) in [5, 5.41) is 0. The number of nitrogens with zero attached hydrogens (tertiary/aromatic N) is 3. The van der Waals surface area contributed by atoms with Gasteiger partial charge in [-0.15, -0.1) is 0 Å². The molecule has 1 aromatic carbocycles. The molecule has 0 saturated carbocycles. The normalized spacial score (nSPS) is 22.4. The second kappa shape index (κ2) is 4.39. The summed E-state index contributed by atoms with van der Waals surface area (Å²) in [7, 11) is 0. The molecule has 19 heavy (non-hydrogen) atoms. The van der Waals surface area contributed by atoms with E-state index in [1.165, 1.54) is 0 Å². The van der Waals surface area contributed by atoms with Gasteiger partial charge in [-0.25, -0.2) is 0 Å². The number of aliphatic imine (C=N–C) groups is 1. The van der Waals surface area contributed by atoms with Crippen molar-refractivity contribution in [1.29, 1.82) is 0 Å². The van der Waals surface area contributed by atoms with Gasteiger partial charge in [0, 0.05) is 11.9 Å². The molecule has 2 heterocycles. The Bertz CT molecular complexity index is 594. The van der Waals surface area contributed by atoms with Crippen molar-refractivity contribution in [3.8, 4) is 0 Å². The zero-order valence-electron chi connectivity index (χ0n) is 10.8. The molecule has 1 aromatic heterocycles. The van der Waals surface area contributed by atoms with E-state index in [-0.39, 0.29) is 5.54 Å². The Balaban J connectivity index is 2.08. The maximum atomic E-state index is 6.07. The van der Waals surface area contributed by atoms with Gasteiger partial charge in [0.25, 0.3) is 0 Å². The molecular weight excluding hydrogens is 236 g/mol. The first-order valence-electron chi connectivity index (χ1n) is 6.28. The van der Waals surface area contributed by atoms with Crippen molar-refractivity contribution in [3.63, 3.8) is 0 Å². The predicted octanol–water partition coefficient (Wildman–Crippen LogP) is 2.13. The lowest BCUT2D eigenvalue weighted by Gasteiger charge is -2.35. The smallest absolute Gasteiger partial charge is 0.196 e. The summed E-state index contributed by atoms with van der Waals surface area (Å²) >= 11 is 0. The van der Waals surface area contributed by atoms with Gasteiger partial charge in [0.05, 0.1) is 12.2 Å². The van der Waals surface area contributed by atoms with Crippen molar-refractivity contribution >= 4 is 11.6 Å². The maximum absolute atomic E-state index is 6.07. The highest BCUT2D eigenvalue weighted by Gasteiger charge is 2.41. The summed E-state index contributed by atoms with van der Waals surface area (Å²) < 4.78 is 0. The number of anilines is 1. The molecule has 0 spiro atoms. The van der Waals surface area contributed by atoms with Crippen molar-refractivity contribution in [1.82, 2.24) is 4.98 Å². The molecule has 1 unspecified atom stereocenters. The van der Waals surface area contributed by atoms with E-state index < -0.39 is 0 Å². The van der Waals surface area contributed by atoms with Crippen LogP contribution in [0.4, 0.5) is 5.69 Å². The first-order chi connectivity index (χ1) is 9.22. The molecule has 1 aliphatic heterocycles. The largest absolute Gasteiger partial charge is 0.369 e. The summed E-state index contributed by atoms with van der Waals surface area (Å²) in [5.41, 5.74) is 7.76. The van der Waals surface area contributed by atoms with Gasteiger partial charge >= 0.3 is 0 Å². The Kier molecular flexibility index (Phi) is 2.71. The van der Waals surface area contributed by atoms with Crippen LogP contribution in [0, 0.1) is 0 Å². The fourth-order valence-electron chi connectivity index (χ4n) is 2.50. The van der Waals surface area contributed by atoms with E-state index in [0.29, 0.717) is 12.5 Å². The van der Waals surface area contributed by atoms with E-state index in [4.69, 9.17) is 5.73 Å². The van der Waals surface area contributed by atoms with Gasteiger partial charge in [-0.1, -0.05) is 24.3 Å². The molecule has 2 aromatic rings. The third kappa shape index (κ3) is 1.85. The number of guanidine groups is 1. The van der Waals surface area contributed by atoms with Crippen molar-refractivity contribution < 1.29 is 0 Å². The van der Waals surface area contributed by atoms with E-state index >= 15 is 0 Å². The van der Waals surface area contributed by atoms with Crippen LogP contribution in [0.5, 0.6) is 0 Å². The van der Waals surface area contributed by atoms with Crippen LogP contribution < -0.4 is 10.6 Å². The van der Waals surface area contributed by atoms with Crippen LogP contribution in [0.25, 0.3) is 0 Å². The van der Waals surface area contributed by atoms with Crippen molar-refractivity contribution in [2.45, 2.75) is 12.5 Å². The van der Waals surface area contributed by atoms with Crippen LogP contribution in [0.15, 0.2) is 59.7 Å². The topological polar surface area (TPSA) is 54.5 Å². The summed E-state index contributed by atoms with van der Waals surface area (Å²) in [6, 6.07) is 16.0. The minimum absolute atomic E-state index is 0.327. The van der Waals surface area contributed by atoms with Gasteiger partial charge in [0.2, 0.25) is 0 Å². The molecule has 1 aliphatic rings. The van der Waals surface area contributed by atoms with E-state index in [1.807, 2.05) is 48.5 Å². The lowest BCUT2D eigenvalue weighted by molar-refractivity contribution is 0.516. The summed E-state index contributed by atoms with van der Waals surface area (Å²) in [5.74, 6) is 0.541. The SMILES string of the molecule is CC1(c2ccccn2)CN=C(N)N1c1ccccc1. The molecule has 0 radical (unpaired) electrons. The van der Waals surface area contributed by atoms with Gasteiger partial charge < -0.3 is 5.73 Å². The second-order valence-electron chi connectivity index (χ2n) is 4.83. The quantitative estimate of drug-likeness (QED) is 0.890. The Morgan fingerprint density at radius 3 is 2.53 bits per heavy atom. The third-order valence-corrected chi connectivity index (χ3v) is 3.50. The molecule has 0 aliphatic carbocycles. The first-order valence-corrected chi connectivity index (χ1v) is 6.28. The molecule has 96 valence electrons. The van der Waals surface area contributed by atoms with Gasteiger partial charge in [-0.05, 0) is 31.2 Å². The molecule has 4 nitrogen and oxygen atoms in total. The number of nitrogens with two attached hydrogens (primary N) is 1. The Labute approximate surface area is 112 Å². The molecule has 4 heteroatoms. The number of hydrogen-bond acceptors (Lipinski definition) is 4. The summed E-state index contributed by atoms with van der Waals surface area (Å²) in [6.45, 7) is 2.73. The van der Waals surface area contributed by atoms with Gasteiger partial charge in [0.15, 0.2) is 5.96 Å². The number of hydrogen-bond donors (Lipinski definition) is 1. The first kappa shape index (κ1) is 11.7. The standard InChI is InChI=1S/C15H16N4/c1-15(13-9-5-6-10-17-13)11-18-14(16)19(15)12-7-3-2-4-8-12/h2-10H,11H2,1H3,(H2,16,18). The molecular formula is C15H16N4. The van der Waals surface area contributed by atoms with Gasteiger partial charge in [0.1, 0.15) is 5.54 Å². The van der Waals surface area contributed by atoms with Crippen molar-refractivity contribution in [2.24, 2.45) is 10.7 Å². The zero-order valence-corrected chi connectivity index (χ0v) is 10.8. The van der Waals surface area contributed by atoms with Crippen LogP contribution in [0.1, 0.15) is 12.6 Å². The Morgan fingerprint density at radius 1 is 1.11 bits per heavy atom. The third-order valence-electron chi connectivity index (χ3n) is 3.50. The van der Waals surface area contributed by atoms with E-state index in [1.54, 1.807) is 6.20 Å². The van der Waals surface area contributed by atoms with Crippen LogP contribution in [0.3, 0.4) is 0 Å². The minimum Gasteiger partial charge on any atom is -0.369 e. The minimum atomic E-state index is -0.327. The van der Waals surface area contributed by atoms with Crippen molar-refractivity contribution in [2.75, 3.05) is 11.4 Å². The van der Waals surface area contributed by atoms with Crippen molar-refractivity contribution in [3.05, 3.63) is 60.4 Å². The van der Waals surface area contributed by atoms with E-state index in [0.717, 1.165) is 11.4 Å². The van der Waals surface area contributed by atoms with E-state index in [9.17, 15) is 0 Å². The zero-order chi connectivity index (χ0) is 13.3. The van der Waals surface area contributed by atoms with Gasteiger partial charge in [-0.3, -0.25) is 14.9 Å². The van der Waals surface area contributed by atoms with E-state index in [2.05, 4.69) is 21.8 Å². The second-order valence-corrected chi connectivity index (χ2v) is 4.83. The Morgan fingerprint density at radius 2 is 1.84 bits per heavy atom. The lowest BCUT2D eigenvalue weighted by atomic mass is 9.95. The number of pyridine rings is 1. The van der Waals surface area contributed by atoms with Crippen LogP contribution in [0.2, 0.25) is 0 Å².